The van der Waals surface area contributed by atoms with Crippen LogP contribution < -0.4 is 5.73 Å². The van der Waals surface area contributed by atoms with E-state index in [0.29, 0.717) is 17.4 Å². The SMILES string of the molecule is CC(C)(C)OC(=O)N1C[C@]2(CC[C@@H]1CN)CC2(C)C. The Bertz CT molecular complexity index is 373. The Hall–Kier alpha value is -0.770. The first-order chi connectivity index (χ1) is 8.60. The van der Waals surface area contributed by atoms with E-state index in [2.05, 4.69) is 13.8 Å². The quantitative estimate of drug-likeness (QED) is 0.795. The van der Waals surface area contributed by atoms with Crippen molar-refractivity contribution in [3.63, 3.8) is 0 Å². The van der Waals surface area contributed by atoms with Crippen molar-refractivity contribution in [2.24, 2.45) is 16.6 Å². The molecule has 2 atom stereocenters. The van der Waals surface area contributed by atoms with E-state index in [4.69, 9.17) is 10.5 Å². The Kier molecular flexibility index (Phi) is 3.37. The van der Waals surface area contributed by atoms with Crippen LogP contribution in [0.5, 0.6) is 0 Å². The maximum absolute atomic E-state index is 12.4. The minimum absolute atomic E-state index is 0.136. The molecule has 1 saturated heterocycles. The highest BCUT2D eigenvalue weighted by molar-refractivity contribution is 5.69. The minimum Gasteiger partial charge on any atom is -0.444 e. The van der Waals surface area contributed by atoms with E-state index in [1.807, 2.05) is 25.7 Å². The average Bonchev–Trinajstić information content (AvgIpc) is 2.77. The van der Waals surface area contributed by atoms with Gasteiger partial charge in [-0.3, -0.25) is 0 Å². The zero-order valence-electron chi connectivity index (χ0n) is 13.0. The highest BCUT2D eigenvalue weighted by Crippen LogP contribution is 2.67. The summed E-state index contributed by atoms with van der Waals surface area (Å²) in [5.74, 6) is 0. The first-order valence-corrected chi connectivity index (χ1v) is 7.30. The molecule has 1 aliphatic heterocycles. The fourth-order valence-electron chi connectivity index (χ4n) is 3.41. The second-order valence-electron chi connectivity index (χ2n) is 7.88. The molecule has 1 amide bonds. The van der Waals surface area contributed by atoms with Gasteiger partial charge in [0.25, 0.3) is 0 Å². The zero-order chi connectivity index (χ0) is 14.5. The van der Waals surface area contributed by atoms with Crippen LogP contribution in [-0.4, -0.2) is 35.7 Å². The number of ether oxygens (including phenoxy) is 1. The number of piperidine rings is 1. The summed E-state index contributed by atoms with van der Waals surface area (Å²) in [5.41, 5.74) is 6.03. The van der Waals surface area contributed by atoms with Crippen LogP contribution in [-0.2, 0) is 4.74 Å². The van der Waals surface area contributed by atoms with E-state index >= 15 is 0 Å². The predicted molar refractivity (Wildman–Crippen MR) is 75.8 cm³/mol. The van der Waals surface area contributed by atoms with Crippen molar-refractivity contribution in [2.45, 2.75) is 65.5 Å². The van der Waals surface area contributed by atoms with Gasteiger partial charge in [-0.25, -0.2) is 4.79 Å². The van der Waals surface area contributed by atoms with Gasteiger partial charge in [0.05, 0.1) is 0 Å². The smallest absolute Gasteiger partial charge is 0.410 e. The van der Waals surface area contributed by atoms with E-state index in [-0.39, 0.29) is 12.1 Å². The van der Waals surface area contributed by atoms with Crippen molar-refractivity contribution in [3.8, 4) is 0 Å². The molecular weight excluding hydrogens is 240 g/mol. The number of amides is 1. The van der Waals surface area contributed by atoms with Crippen molar-refractivity contribution in [1.82, 2.24) is 4.90 Å². The first-order valence-electron chi connectivity index (χ1n) is 7.30. The number of carbonyl (C=O) groups is 1. The highest BCUT2D eigenvalue weighted by Gasteiger charge is 2.63. The molecule has 2 rings (SSSR count). The first kappa shape index (κ1) is 14.6. The number of nitrogens with two attached hydrogens (primary N) is 1. The molecule has 0 unspecified atom stereocenters. The van der Waals surface area contributed by atoms with Crippen molar-refractivity contribution in [3.05, 3.63) is 0 Å². The molecule has 2 aliphatic rings. The average molecular weight is 268 g/mol. The summed E-state index contributed by atoms with van der Waals surface area (Å²) in [6, 6.07) is 0.136. The Morgan fingerprint density at radius 2 is 2.00 bits per heavy atom. The largest absolute Gasteiger partial charge is 0.444 e. The topological polar surface area (TPSA) is 55.6 Å². The van der Waals surface area contributed by atoms with Crippen LogP contribution in [0.4, 0.5) is 4.79 Å². The summed E-state index contributed by atoms with van der Waals surface area (Å²) >= 11 is 0. The lowest BCUT2D eigenvalue weighted by Crippen LogP contribution is -2.52. The van der Waals surface area contributed by atoms with Gasteiger partial charge in [0, 0.05) is 19.1 Å². The Labute approximate surface area is 116 Å². The number of rotatable bonds is 1. The van der Waals surface area contributed by atoms with Gasteiger partial charge in [-0.05, 0) is 50.9 Å². The van der Waals surface area contributed by atoms with Crippen LogP contribution in [0.2, 0.25) is 0 Å². The van der Waals surface area contributed by atoms with E-state index in [0.717, 1.165) is 13.0 Å². The third-order valence-corrected chi connectivity index (χ3v) is 4.86. The van der Waals surface area contributed by atoms with Gasteiger partial charge in [0.15, 0.2) is 0 Å². The third-order valence-electron chi connectivity index (χ3n) is 4.86. The van der Waals surface area contributed by atoms with E-state index in [1.54, 1.807) is 0 Å². The van der Waals surface area contributed by atoms with Crippen LogP contribution in [0.15, 0.2) is 0 Å². The van der Waals surface area contributed by atoms with Gasteiger partial charge in [-0.1, -0.05) is 13.8 Å². The second-order valence-corrected chi connectivity index (χ2v) is 7.88. The Morgan fingerprint density at radius 1 is 1.42 bits per heavy atom. The lowest BCUT2D eigenvalue weighted by Gasteiger charge is -2.41. The maximum Gasteiger partial charge on any atom is 0.410 e. The molecule has 19 heavy (non-hydrogen) atoms. The molecule has 4 heteroatoms. The Morgan fingerprint density at radius 3 is 2.42 bits per heavy atom. The maximum atomic E-state index is 12.4. The predicted octanol–water partition coefficient (Wildman–Crippen LogP) is 2.76. The molecule has 1 aliphatic carbocycles. The van der Waals surface area contributed by atoms with Gasteiger partial charge in [0.1, 0.15) is 5.60 Å². The summed E-state index contributed by atoms with van der Waals surface area (Å²) in [6.45, 7) is 11.6. The molecular formula is C15H28N2O2. The third kappa shape index (κ3) is 2.73. The minimum atomic E-state index is -0.445. The monoisotopic (exact) mass is 268 g/mol. The summed E-state index contributed by atoms with van der Waals surface area (Å²) in [4.78, 5) is 14.2. The molecule has 1 heterocycles. The number of carbonyl (C=O) groups excluding carboxylic acids is 1. The van der Waals surface area contributed by atoms with Gasteiger partial charge >= 0.3 is 6.09 Å². The lowest BCUT2D eigenvalue weighted by molar-refractivity contribution is -0.00170. The molecule has 110 valence electrons. The van der Waals surface area contributed by atoms with Crippen LogP contribution in [0.1, 0.15) is 53.9 Å². The van der Waals surface area contributed by atoms with Crippen LogP contribution in [0.3, 0.4) is 0 Å². The number of nitrogens with zero attached hydrogens (tertiary/aromatic N) is 1. The van der Waals surface area contributed by atoms with E-state index in [1.165, 1.54) is 12.8 Å². The molecule has 0 aromatic rings. The second kappa shape index (κ2) is 4.37. The van der Waals surface area contributed by atoms with Crippen molar-refractivity contribution in [1.29, 1.82) is 0 Å². The molecule has 4 nitrogen and oxygen atoms in total. The van der Waals surface area contributed by atoms with Crippen molar-refractivity contribution >= 4 is 6.09 Å². The van der Waals surface area contributed by atoms with Gasteiger partial charge in [-0.15, -0.1) is 0 Å². The number of hydrogen-bond acceptors (Lipinski definition) is 3. The van der Waals surface area contributed by atoms with Gasteiger partial charge in [0.2, 0.25) is 0 Å². The number of hydrogen-bond donors (Lipinski definition) is 1. The zero-order valence-corrected chi connectivity index (χ0v) is 13.0. The summed E-state index contributed by atoms with van der Waals surface area (Å²) in [7, 11) is 0. The lowest BCUT2D eigenvalue weighted by atomic mass is 9.84. The van der Waals surface area contributed by atoms with E-state index in [9.17, 15) is 4.79 Å². The normalized spacial score (nSPS) is 33.4. The standard InChI is InChI=1S/C15H28N2O2/c1-13(2,3)19-12(18)17-10-15(9-14(15,4)5)7-6-11(17)8-16/h11H,6-10,16H2,1-5H3/t11-,15+/m1/s1. The van der Waals surface area contributed by atoms with Crippen molar-refractivity contribution < 1.29 is 9.53 Å². The van der Waals surface area contributed by atoms with Crippen LogP contribution >= 0.6 is 0 Å². The number of likely N-dealkylation sites (tertiary alicyclic amines) is 1. The van der Waals surface area contributed by atoms with Gasteiger partial charge < -0.3 is 15.4 Å². The molecule has 2 N–H and O–H groups in total. The van der Waals surface area contributed by atoms with Crippen molar-refractivity contribution in [2.75, 3.05) is 13.1 Å². The molecule has 0 radical (unpaired) electrons. The summed E-state index contributed by atoms with van der Waals surface area (Å²) in [6.07, 6.45) is 3.18. The molecule has 0 bridgehead atoms. The fraction of sp³-hybridized carbons (Fsp3) is 0.933. The fourth-order valence-corrected chi connectivity index (χ4v) is 3.41. The molecule has 1 saturated carbocycles. The Balaban J connectivity index is 2.09. The van der Waals surface area contributed by atoms with E-state index < -0.39 is 5.60 Å². The molecule has 1 spiro atoms. The van der Waals surface area contributed by atoms with Crippen LogP contribution in [0.25, 0.3) is 0 Å². The van der Waals surface area contributed by atoms with Gasteiger partial charge in [-0.2, -0.15) is 0 Å². The summed E-state index contributed by atoms with van der Waals surface area (Å²) in [5, 5.41) is 0. The van der Waals surface area contributed by atoms with Crippen LogP contribution in [0, 0.1) is 10.8 Å². The summed E-state index contributed by atoms with van der Waals surface area (Å²) < 4.78 is 5.53. The molecule has 2 fully saturated rings. The molecule has 0 aromatic carbocycles. The highest BCUT2D eigenvalue weighted by atomic mass is 16.6. The molecule has 0 aromatic heterocycles.